The number of fused-ring (bicyclic) bond motifs is 1. The van der Waals surface area contributed by atoms with Crippen LogP contribution in [-0.2, 0) is 12.8 Å². The first-order valence-electron chi connectivity index (χ1n) is 11.8. The molecular formula is C28H22F4N4O3. The van der Waals surface area contributed by atoms with Crippen LogP contribution in [0, 0.1) is 5.82 Å². The summed E-state index contributed by atoms with van der Waals surface area (Å²) in [5.41, 5.74) is 3.10. The Hall–Kier alpha value is -4.64. The van der Waals surface area contributed by atoms with Crippen molar-refractivity contribution in [3.05, 3.63) is 107 Å². The van der Waals surface area contributed by atoms with Gasteiger partial charge in [0, 0.05) is 24.6 Å². The second-order valence-electron chi connectivity index (χ2n) is 8.94. The molecule has 0 aliphatic heterocycles. The monoisotopic (exact) mass is 538 g/mol. The lowest BCUT2D eigenvalue weighted by Crippen LogP contribution is -2.36. The fourth-order valence-electron chi connectivity index (χ4n) is 4.16. The van der Waals surface area contributed by atoms with Crippen LogP contribution in [0.15, 0.2) is 79.0 Å². The molecule has 5 aromatic rings. The van der Waals surface area contributed by atoms with Gasteiger partial charge in [0.15, 0.2) is 5.65 Å². The van der Waals surface area contributed by atoms with E-state index in [1.165, 1.54) is 22.6 Å². The van der Waals surface area contributed by atoms with E-state index in [-0.39, 0.29) is 23.7 Å². The highest BCUT2D eigenvalue weighted by Gasteiger charge is 2.38. The Morgan fingerprint density at radius 1 is 0.846 bits per heavy atom. The smallest absolute Gasteiger partial charge is 0.433 e. The fraction of sp³-hybridized carbons (Fsp3) is 0.143. The van der Waals surface area contributed by atoms with Gasteiger partial charge in [-0.3, -0.25) is 4.40 Å². The molecule has 200 valence electrons. The van der Waals surface area contributed by atoms with Crippen LogP contribution in [0.1, 0.15) is 22.5 Å². The van der Waals surface area contributed by atoms with Crippen LogP contribution in [0.4, 0.5) is 23.2 Å². The van der Waals surface area contributed by atoms with Gasteiger partial charge >= 0.3 is 6.18 Å². The predicted octanol–water partition coefficient (Wildman–Crippen LogP) is 5.42. The molecule has 0 aliphatic rings. The van der Waals surface area contributed by atoms with Gasteiger partial charge in [-0.2, -0.15) is 13.2 Å². The summed E-state index contributed by atoms with van der Waals surface area (Å²) in [6.07, 6.45) is -5.98. The number of phenols is 1. The molecule has 5 rings (SSSR count). The highest BCUT2D eigenvalue weighted by atomic mass is 19.4. The van der Waals surface area contributed by atoms with Gasteiger partial charge in [-0.25, -0.2) is 14.4 Å². The van der Waals surface area contributed by atoms with Crippen molar-refractivity contribution in [1.29, 1.82) is 0 Å². The SMILES string of the molecule is Oc1ccc(-c2cn3c(O)c(Cc4ccc(F)c(NC(O)C(F)(F)F)c4)nc3c(Cc3ccccc3)n2)cc1. The van der Waals surface area contributed by atoms with Gasteiger partial charge in [0.05, 0.1) is 17.1 Å². The van der Waals surface area contributed by atoms with Gasteiger partial charge < -0.3 is 20.6 Å². The lowest BCUT2D eigenvalue weighted by molar-refractivity contribution is -0.194. The van der Waals surface area contributed by atoms with Gasteiger partial charge in [-0.1, -0.05) is 36.4 Å². The van der Waals surface area contributed by atoms with Crippen molar-refractivity contribution < 1.29 is 32.9 Å². The van der Waals surface area contributed by atoms with E-state index in [1.807, 2.05) is 30.3 Å². The van der Waals surface area contributed by atoms with Gasteiger partial charge in [0.1, 0.15) is 17.3 Å². The Labute approximate surface area is 219 Å². The van der Waals surface area contributed by atoms with Crippen molar-refractivity contribution in [2.24, 2.45) is 0 Å². The Morgan fingerprint density at radius 3 is 2.23 bits per heavy atom. The summed E-state index contributed by atoms with van der Waals surface area (Å²) in [7, 11) is 0. The average Bonchev–Trinajstić information content (AvgIpc) is 3.21. The summed E-state index contributed by atoms with van der Waals surface area (Å²) < 4.78 is 53.9. The van der Waals surface area contributed by atoms with E-state index in [4.69, 9.17) is 4.98 Å². The number of aliphatic hydroxyl groups is 1. The number of imidazole rings is 1. The molecule has 0 saturated heterocycles. The zero-order valence-corrected chi connectivity index (χ0v) is 20.2. The van der Waals surface area contributed by atoms with Gasteiger partial charge in [-0.05, 0) is 47.5 Å². The number of aromatic nitrogens is 3. The number of anilines is 1. The van der Waals surface area contributed by atoms with Gasteiger partial charge in [0.25, 0.3) is 0 Å². The topological polar surface area (TPSA) is 103 Å². The molecule has 0 saturated carbocycles. The highest BCUT2D eigenvalue weighted by molar-refractivity contribution is 5.64. The lowest BCUT2D eigenvalue weighted by Gasteiger charge is -2.18. The fourth-order valence-corrected chi connectivity index (χ4v) is 4.16. The molecule has 1 unspecified atom stereocenters. The Balaban J connectivity index is 1.55. The molecule has 1 atom stereocenters. The van der Waals surface area contributed by atoms with E-state index in [0.29, 0.717) is 34.6 Å². The van der Waals surface area contributed by atoms with Crippen LogP contribution < -0.4 is 5.32 Å². The third kappa shape index (κ3) is 5.63. The lowest BCUT2D eigenvalue weighted by atomic mass is 10.1. The number of benzene rings is 3. The van der Waals surface area contributed by atoms with Gasteiger partial charge in [-0.15, -0.1) is 0 Å². The van der Waals surface area contributed by atoms with Crippen molar-refractivity contribution in [1.82, 2.24) is 14.4 Å². The number of phenolic OH excluding ortho intramolecular Hbond substituents is 1. The van der Waals surface area contributed by atoms with Crippen LogP contribution in [0.25, 0.3) is 16.9 Å². The second-order valence-corrected chi connectivity index (χ2v) is 8.94. The summed E-state index contributed by atoms with van der Waals surface area (Å²) >= 11 is 0. The second kappa shape index (κ2) is 10.3. The minimum atomic E-state index is -4.99. The van der Waals surface area contributed by atoms with E-state index >= 15 is 0 Å². The number of nitrogens with one attached hydrogen (secondary N) is 1. The van der Waals surface area contributed by atoms with Crippen LogP contribution >= 0.6 is 0 Å². The van der Waals surface area contributed by atoms with E-state index in [0.717, 1.165) is 17.7 Å². The van der Waals surface area contributed by atoms with Crippen molar-refractivity contribution in [2.45, 2.75) is 25.2 Å². The number of hydrogen-bond acceptors (Lipinski definition) is 6. The molecule has 0 amide bonds. The molecule has 0 spiro atoms. The molecule has 2 aromatic heterocycles. The number of aliphatic hydroxyl groups excluding tert-OH is 1. The molecule has 7 nitrogen and oxygen atoms in total. The largest absolute Gasteiger partial charge is 0.508 e. The summed E-state index contributed by atoms with van der Waals surface area (Å²) in [6, 6.07) is 19.4. The zero-order valence-electron chi connectivity index (χ0n) is 20.2. The molecule has 3 aromatic carbocycles. The van der Waals surface area contributed by atoms with E-state index in [2.05, 4.69) is 4.98 Å². The van der Waals surface area contributed by atoms with E-state index < -0.39 is 23.9 Å². The normalized spacial score (nSPS) is 12.5. The summed E-state index contributed by atoms with van der Waals surface area (Å²) in [6.45, 7) is 0. The van der Waals surface area contributed by atoms with Gasteiger partial charge in [0.2, 0.25) is 12.1 Å². The maximum atomic E-state index is 14.2. The van der Waals surface area contributed by atoms with Crippen LogP contribution in [0.5, 0.6) is 11.6 Å². The third-order valence-electron chi connectivity index (χ3n) is 6.10. The van der Waals surface area contributed by atoms with E-state index in [1.54, 1.807) is 23.6 Å². The number of nitrogens with zero attached hydrogens (tertiary/aromatic N) is 3. The molecular weight excluding hydrogens is 516 g/mol. The first-order valence-corrected chi connectivity index (χ1v) is 11.8. The average molecular weight is 539 g/mol. The molecule has 11 heteroatoms. The predicted molar refractivity (Wildman–Crippen MR) is 136 cm³/mol. The number of aromatic hydroxyl groups is 2. The van der Waals surface area contributed by atoms with Crippen molar-refractivity contribution in [3.8, 4) is 22.9 Å². The number of halogens is 4. The zero-order chi connectivity index (χ0) is 27.7. The Bertz CT molecular complexity index is 1620. The summed E-state index contributed by atoms with van der Waals surface area (Å²) in [5, 5.41) is 31.8. The molecule has 4 N–H and O–H groups in total. The minimum Gasteiger partial charge on any atom is -0.508 e. The number of rotatable bonds is 7. The molecule has 0 fully saturated rings. The number of hydrogen-bond donors (Lipinski definition) is 4. The first-order chi connectivity index (χ1) is 18.6. The molecule has 0 bridgehead atoms. The van der Waals surface area contributed by atoms with Crippen LogP contribution in [0.2, 0.25) is 0 Å². The quantitative estimate of drug-likeness (QED) is 0.163. The van der Waals surface area contributed by atoms with Crippen molar-refractivity contribution >= 4 is 11.3 Å². The molecule has 0 aliphatic carbocycles. The molecule has 0 radical (unpaired) electrons. The Morgan fingerprint density at radius 2 is 1.54 bits per heavy atom. The first kappa shape index (κ1) is 26.0. The van der Waals surface area contributed by atoms with Crippen molar-refractivity contribution in [3.63, 3.8) is 0 Å². The van der Waals surface area contributed by atoms with Crippen LogP contribution in [0.3, 0.4) is 0 Å². The Kier molecular flexibility index (Phi) is 6.83. The molecule has 39 heavy (non-hydrogen) atoms. The standard InChI is InChI=1S/C28H22F4N4O3/c29-20-11-6-17(13-21(20)35-27(39)28(30,31)32)14-23-26(38)36-15-24(18-7-9-19(37)10-8-18)33-22(25(36)34-23)12-16-4-2-1-3-5-16/h1-11,13,15,27,35,37-39H,12,14H2. The number of alkyl halides is 3. The minimum absolute atomic E-state index is 0.0378. The molecule has 2 heterocycles. The summed E-state index contributed by atoms with van der Waals surface area (Å²) in [5.74, 6) is -1.10. The summed E-state index contributed by atoms with van der Waals surface area (Å²) in [4.78, 5) is 9.34. The van der Waals surface area contributed by atoms with Crippen molar-refractivity contribution in [2.75, 3.05) is 5.32 Å². The van der Waals surface area contributed by atoms with Crippen LogP contribution in [-0.4, -0.2) is 42.1 Å². The highest BCUT2D eigenvalue weighted by Crippen LogP contribution is 2.30. The maximum Gasteiger partial charge on any atom is 0.433 e. The third-order valence-corrected chi connectivity index (χ3v) is 6.10. The maximum absolute atomic E-state index is 14.2. The van der Waals surface area contributed by atoms with E-state index in [9.17, 15) is 32.9 Å².